The number of hydrogen-bond acceptors (Lipinski definition) is 10. The number of amides is 2. The van der Waals surface area contributed by atoms with Crippen molar-refractivity contribution in [3.63, 3.8) is 0 Å². The smallest absolute Gasteiger partial charge is 0.332 e. The lowest BCUT2D eigenvalue weighted by Crippen LogP contribution is -2.53. The fourth-order valence-electron chi connectivity index (χ4n) is 6.57. The van der Waals surface area contributed by atoms with Crippen LogP contribution in [-0.4, -0.2) is 92.3 Å². The molecule has 13 heteroatoms. The Morgan fingerprint density at radius 2 is 1.67 bits per heavy atom. The Labute approximate surface area is 303 Å². The van der Waals surface area contributed by atoms with Crippen molar-refractivity contribution in [1.29, 1.82) is 0 Å². The molecule has 2 amide bonds. The minimum Gasteiger partial charge on any atom is -0.493 e. The van der Waals surface area contributed by atoms with Crippen LogP contribution in [0.25, 0.3) is 0 Å². The molecule has 1 aromatic carbocycles. The third-order valence-corrected chi connectivity index (χ3v) is 9.25. The zero-order chi connectivity index (χ0) is 37.0. The van der Waals surface area contributed by atoms with E-state index >= 15 is 0 Å². The van der Waals surface area contributed by atoms with Gasteiger partial charge in [0, 0.05) is 50.2 Å². The standard InChI is InChI=1S/C38H61N5O8/c1-4-5-18-48-19-10-20-49-21-11-22-50-36-27(2)23-30(24-28(36)3)37(45)41-17-9-14-33-32(15-16-34(51-33)38(46)47)42-35(44)26-43(40)25-31(39)29-12-7-6-8-13-29/h4-5,23-25,29,32-34H,6-22,26,39-40H2,1-3H3,(H,41,45)(H,42,44)(H,46,47)/b5-4+,31-25-. The van der Waals surface area contributed by atoms with Gasteiger partial charge < -0.3 is 45.4 Å². The third kappa shape index (κ3) is 15.2. The molecule has 3 unspecified atom stereocenters. The topological polar surface area (TPSA) is 188 Å². The Morgan fingerprint density at radius 3 is 2.35 bits per heavy atom. The number of carboxylic acid groups (broad SMARTS) is 1. The number of aryl methyl sites for hydroxylation is 2. The highest BCUT2D eigenvalue weighted by Gasteiger charge is 2.35. The number of nitrogens with zero attached hydrogens (tertiary/aromatic N) is 1. The minimum atomic E-state index is -1.03. The van der Waals surface area contributed by atoms with Gasteiger partial charge in [-0.2, -0.15) is 0 Å². The molecule has 3 rings (SSSR count). The van der Waals surface area contributed by atoms with Crippen LogP contribution in [0.3, 0.4) is 0 Å². The van der Waals surface area contributed by atoms with E-state index in [1.807, 2.05) is 45.1 Å². The second-order valence-corrected chi connectivity index (χ2v) is 13.5. The van der Waals surface area contributed by atoms with Crippen LogP contribution in [-0.2, 0) is 23.8 Å². The number of aliphatic carboxylic acids is 1. The predicted octanol–water partition coefficient (Wildman–Crippen LogP) is 4.25. The molecule has 0 radical (unpaired) electrons. The largest absolute Gasteiger partial charge is 0.493 e. The summed E-state index contributed by atoms with van der Waals surface area (Å²) in [5, 5.41) is 16.8. The van der Waals surface area contributed by atoms with E-state index in [4.69, 9.17) is 30.5 Å². The lowest BCUT2D eigenvalue weighted by molar-refractivity contribution is -0.162. The van der Waals surface area contributed by atoms with E-state index in [9.17, 15) is 19.5 Å². The molecule has 1 saturated carbocycles. The van der Waals surface area contributed by atoms with Crippen LogP contribution in [0.1, 0.15) is 99.0 Å². The van der Waals surface area contributed by atoms with Crippen LogP contribution in [0.15, 0.2) is 36.2 Å². The molecular formula is C38H61N5O8. The first-order chi connectivity index (χ1) is 24.6. The Bertz CT molecular complexity index is 1280. The molecule has 51 heavy (non-hydrogen) atoms. The van der Waals surface area contributed by atoms with Crippen molar-refractivity contribution in [1.82, 2.24) is 15.6 Å². The molecule has 286 valence electrons. The van der Waals surface area contributed by atoms with Gasteiger partial charge in [0.1, 0.15) is 12.3 Å². The van der Waals surface area contributed by atoms with E-state index in [1.165, 1.54) is 11.4 Å². The Morgan fingerprint density at radius 1 is 0.980 bits per heavy atom. The molecule has 1 aliphatic carbocycles. The quantitative estimate of drug-likeness (QED) is 0.0500. The van der Waals surface area contributed by atoms with Crippen molar-refractivity contribution in [2.24, 2.45) is 17.5 Å². The minimum absolute atomic E-state index is 0.0833. The van der Waals surface area contributed by atoms with E-state index in [1.54, 1.807) is 6.20 Å². The van der Waals surface area contributed by atoms with E-state index < -0.39 is 18.2 Å². The van der Waals surface area contributed by atoms with Crippen molar-refractivity contribution in [2.45, 2.75) is 110 Å². The summed E-state index contributed by atoms with van der Waals surface area (Å²) >= 11 is 0. The van der Waals surface area contributed by atoms with Crippen LogP contribution in [0, 0.1) is 19.8 Å². The summed E-state index contributed by atoms with van der Waals surface area (Å²) in [6, 6.07) is 3.25. The van der Waals surface area contributed by atoms with Gasteiger partial charge in [0.15, 0.2) is 6.10 Å². The molecule has 1 aliphatic heterocycles. The summed E-state index contributed by atoms with van der Waals surface area (Å²) in [7, 11) is 0. The van der Waals surface area contributed by atoms with Crippen molar-refractivity contribution >= 4 is 17.8 Å². The summed E-state index contributed by atoms with van der Waals surface area (Å²) in [6.07, 6.45) is 13.0. The molecule has 1 saturated heterocycles. The van der Waals surface area contributed by atoms with E-state index in [-0.39, 0.29) is 36.7 Å². The first kappa shape index (κ1) is 41.8. The van der Waals surface area contributed by atoms with Crippen LogP contribution >= 0.6 is 0 Å². The summed E-state index contributed by atoms with van der Waals surface area (Å²) in [4.78, 5) is 37.6. The Balaban J connectivity index is 1.41. The van der Waals surface area contributed by atoms with Gasteiger partial charge in [0.05, 0.1) is 25.4 Å². The molecule has 0 spiro atoms. The fraction of sp³-hybridized carbons (Fsp3) is 0.658. The van der Waals surface area contributed by atoms with Gasteiger partial charge >= 0.3 is 5.97 Å². The number of benzene rings is 1. The van der Waals surface area contributed by atoms with Gasteiger partial charge in [0.25, 0.3) is 5.91 Å². The molecule has 13 nitrogen and oxygen atoms in total. The summed E-state index contributed by atoms with van der Waals surface area (Å²) < 4.78 is 23.0. The SMILES string of the molecule is C/C=C/COCCCOCCCOc1c(C)cc(C(=O)NCCCC2OC(C(=O)O)CCC2NC(=O)CN(N)/C=C(\N)C2CCCCC2)cc1C. The highest BCUT2D eigenvalue weighted by Crippen LogP contribution is 2.28. The number of carboxylic acids is 1. The molecule has 0 aromatic heterocycles. The molecule has 1 heterocycles. The normalized spacial score (nSPS) is 19.9. The maximum Gasteiger partial charge on any atom is 0.332 e. The number of hydrogen-bond donors (Lipinski definition) is 5. The number of rotatable bonds is 22. The fourth-order valence-corrected chi connectivity index (χ4v) is 6.57. The number of nitrogens with one attached hydrogen (secondary N) is 2. The van der Waals surface area contributed by atoms with Crippen molar-refractivity contribution in [3.05, 3.63) is 52.9 Å². The van der Waals surface area contributed by atoms with E-state index in [0.717, 1.165) is 55.4 Å². The summed E-state index contributed by atoms with van der Waals surface area (Å²) in [5.41, 5.74) is 9.23. The van der Waals surface area contributed by atoms with Gasteiger partial charge in [-0.25, -0.2) is 10.6 Å². The zero-order valence-corrected chi connectivity index (χ0v) is 30.8. The van der Waals surface area contributed by atoms with Gasteiger partial charge in [-0.3, -0.25) is 9.59 Å². The summed E-state index contributed by atoms with van der Waals surface area (Å²) in [6.45, 7) is 9.14. The first-order valence-corrected chi connectivity index (χ1v) is 18.5. The Hall–Kier alpha value is -3.65. The van der Waals surface area contributed by atoms with Crippen LogP contribution in [0.2, 0.25) is 0 Å². The molecule has 2 fully saturated rings. The van der Waals surface area contributed by atoms with E-state index in [0.29, 0.717) is 70.1 Å². The van der Waals surface area contributed by atoms with E-state index in [2.05, 4.69) is 10.6 Å². The van der Waals surface area contributed by atoms with Gasteiger partial charge in [-0.05, 0) is 94.9 Å². The average Bonchev–Trinajstić information content (AvgIpc) is 3.10. The highest BCUT2D eigenvalue weighted by molar-refractivity contribution is 5.94. The van der Waals surface area contributed by atoms with Crippen molar-refractivity contribution in [2.75, 3.05) is 46.1 Å². The van der Waals surface area contributed by atoms with Crippen LogP contribution in [0.4, 0.5) is 0 Å². The maximum absolute atomic E-state index is 13.0. The van der Waals surface area contributed by atoms with Crippen LogP contribution < -0.4 is 26.9 Å². The summed E-state index contributed by atoms with van der Waals surface area (Å²) in [5.74, 6) is 5.61. The molecule has 2 aliphatic rings. The van der Waals surface area contributed by atoms with Crippen molar-refractivity contribution in [3.8, 4) is 5.75 Å². The van der Waals surface area contributed by atoms with Gasteiger partial charge in [0.2, 0.25) is 5.91 Å². The van der Waals surface area contributed by atoms with Crippen molar-refractivity contribution < 1.29 is 38.4 Å². The molecule has 7 N–H and O–H groups in total. The molecule has 0 bridgehead atoms. The maximum atomic E-state index is 13.0. The molecule has 1 aromatic rings. The number of carbonyl (C=O) groups excluding carboxylic acids is 2. The zero-order valence-electron chi connectivity index (χ0n) is 30.8. The highest BCUT2D eigenvalue weighted by atomic mass is 16.5. The number of hydrazine groups is 1. The van der Waals surface area contributed by atoms with Gasteiger partial charge in [-0.15, -0.1) is 0 Å². The molecular weight excluding hydrogens is 654 g/mol. The second-order valence-electron chi connectivity index (χ2n) is 13.5. The van der Waals surface area contributed by atoms with Crippen LogP contribution in [0.5, 0.6) is 5.75 Å². The molecule has 3 atom stereocenters. The second kappa shape index (κ2) is 23.0. The number of allylic oxidation sites excluding steroid dienone is 2. The predicted molar refractivity (Wildman–Crippen MR) is 196 cm³/mol. The lowest BCUT2D eigenvalue weighted by Gasteiger charge is -2.36. The third-order valence-electron chi connectivity index (χ3n) is 9.25. The Kier molecular flexibility index (Phi) is 18.9. The number of ether oxygens (including phenoxy) is 4. The lowest BCUT2D eigenvalue weighted by atomic mass is 9.87. The van der Waals surface area contributed by atoms with Gasteiger partial charge in [-0.1, -0.05) is 31.4 Å². The first-order valence-electron chi connectivity index (χ1n) is 18.5. The monoisotopic (exact) mass is 715 g/mol. The number of nitrogens with two attached hydrogens (primary N) is 2. The number of carbonyl (C=O) groups is 3. The average molecular weight is 716 g/mol.